The molecule has 20 heavy (non-hydrogen) atoms. The van der Waals surface area contributed by atoms with Crippen molar-refractivity contribution < 1.29 is 22.3 Å². The molecule has 0 unspecified atom stereocenters. The van der Waals surface area contributed by atoms with E-state index in [2.05, 4.69) is 10.2 Å². The first-order chi connectivity index (χ1) is 9.34. The fourth-order valence-corrected chi connectivity index (χ4v) is 1.87. The van der Waals surface area contributed by atoms with Gasteiger partial charge in [0.15, 0.2) is 5.69 Å². The average Bonchev–Trinajstić information content (AvgIpc) is 2.38. The van der Waals surface area contributed by atoms with Crippen molar-refractivity contribution in [2.75, 3.05) is 7.11 Å². The molecule has 0 saturated carbocycles. The largest absolute Gasteiger partial charge is 0.480 e. The summed E-state index contributed by atoms with van der Waals surface area (Å²) in [5, 5.41) is 6.59. The van der Waals surface area contributed by atoms with E-state index >= 15 is 0 Å². The predicted molar refractivity (Wildman–Crippen MR) is 63.7 cm³/mol. The highest BCUT2D eigenvalue weighted by Crippen LogP contribution is 2.39. The van der Waals surface area contributed by atoms with Crippen LogP contribution in [0.4, 0.5) is 17.6 Å². The standard InChI is InChI=1S/C13H10F4N2O/c1-7-10(8-3-5-9(14)6-4-8)11(13(15,16)17)18-19-12(7)20-2/h3-6H,1-2H3. The molecule has 0 aliphatic carbocycles. The summed E-state index contributed by atoms with van der Waals surface area (Å²) >= 11 is 0. The van der Waals surface area contributed by atoms with Gasteiger partial charge in [0.1, 0.15) is 5.82 Å². The number of methoxy groups -OCH3 is 1. The molecule has 1 heterocycles. The minimum absolute atomic E-state index is 0.00248. The van der Waals surface area contributed by atoms with Gasteiger partial charge in [-0.3, -0.25) is 0 Å². The number of halogens is 4. The number of rotatable bonds is 2. The van der Waals surface area contributed by atoms with Gasteiger partial charge in [0.05, 0.1) is 7.11 Å². The number of hydrogen-bond acceptors (Lipinski definition) is 3. The molecule has 3 nitrogen and oxygen atoms in total. The second kappa shape index (κ2) is 5.07. The van der Waals surface area contributed by atoms with E-state index in [1.165, 1.54) is 26.2 Å². The van der Waals surface area contributed by atoms with Crippen molar-refractivity contribution in [2.24, 2.45) is 0 Å². The lowest BCUT2D eigenvalue weighted by Crippen LogP contribution is -2.13. The van der Waals surface area contributed by atoms with E-state index in [4.69, 9.17) is 4.74 Å². The first kappa shape index (κ1) is 14.2. The van der Waals surface area contributed by atoms with Gasteiger partial charge in [-0.05, 0) is 24.6 Å². The first-order valence-corrected chi connectivity index (χ1v) is 5.59. The van der Waals surface area contributed by atoms with E-state index in [0.29, 0.717) is 0 Å². The molecule has 2 aromatic rings. The molecule has 1 aromatic heterocycles. The Kier molecular flexibility index (Phi) is 3.61. The van der Waals surface area contributed by atoms with Gasteiger partial charge < -0.3 is 4.74 Å². The molecule has 0 N–H and O–H groups in total. The van der Waals surface area contributed by atoms with Gasteiger partial charge >= 0.3 is 6.18 Å². The van der Waals surface area contributed by atoms with Crippen LogP contribution in [0.15, 0.2) is 24.3 Å². The molecule has 0 aliphatic heterocycles. The van der Waals surface area contributed by atoms with Crippen LogP contribution in [-0.4, -0.2) is 17.3 Å². The summed E-state index contributed by atoms with van der Waals surface area (Å²) in [5.74, 6) is -0.536. The number of benzene rings is 1. The highest BCUT2D eigenvalue weighted by Gasteiger charge is 2.38. The first-order valence-electron chi connectivity index (χ1n) is 5.59. The Hall–Kier alpha value is -2.18. The average molecular weight is 286 g/mol. The number of alkyl halides is 3. The summed E-state index contributed by atoms with van der Waals surface area (Å²) in [5.41, 5.74) is -0.891. The van der Waals surface area contributed by atoms with Crippen molar-refractivity contribution in [1.82, 2.24) is 10.2 Å². The number of aromatic nitrogens is 2. The van der Waals surface area contributed by atoms with Crippen molar-refractivity contribution in [3.63, 3.8) is 0 Å². The van der Waals surface area contributed by atoms with Crippen LogP contribution in [0.2, 0.25) is 0 Å². The molecule has 0 amide bonds. The maximum Gasteiger partial charge on any atom is 0.435 e. The zero-order chi connectivity index (χ0) is 14.9. The van der Waals surface area contributed by atoms with Crippen molar-refractivity contribution in [1.29, 1.82) is 0 Å². The van der Waals surface area contributed by atoms with Gasteiger partial charge in [0.25, 0.3) is 0 Å². The van der Waals surface area contributed by atoms with Crippen LogP contribution in [-0.2, 0) is 6.18 Å². The molecule has 0 bridgehead atoms. The van der Waals surface area contributed by atoms with Crippen LogP contribution in [0.5, 0.6) is 5.88 Å². The van der Waals surface area contributed by atoms with Gasteiger partial charge in [-0.25, -0.2) is 4.39 Å². The molecule has 0 atom stereocenters. The lowest BCUT2D eigenvalue weighted by molar-refractivity contribution is -0.141. The highest BCUT2D eigenvalue weighted by atomic mass is 19.4. The van der Waals surface area contributed by atoms with E-state index < -0.39 is 17.7 Å². The van der Waals surface area contributed by atoms with Crippen molar-refractivity contribution in [3.8, 4) is 17.0 Å². The fourth-order valence-electron chi connectivity index (χ4n) is 1.87. The zero-order valence-electron chi connectivity index (χ0n) is 10.6. The normalized spacial score (nSPS) is 11.5. The van der Waals surface area contributed by atoms with Gasteiger partial charge in [0.2, 0.25) is 5.88 Å². The minimum Gasteiger partial charge on any atom is -0.480 e. The fraction of sp³-hybridized carbons (Fsp3) is 0.231. The zero-order valence-corrected chi connectivity index (χ0v) is 10.6. The van der Waals surface area contributed by atoms with Crippen LogP contribution in [0, 0.1) is 12.7 Å². The predicted octanol–water partition coefficient (Wildman–Crippen LogP) is 3.62. The summed E-state index contributed by atoms with van der Waals surface area (Å²) in [6.45, 7) is 1.45. The van der Waals surface area contributed by atoms with Gasteiger partial charge in [0, 0.05) is 11.1 Å². The molecule has 2 rings (SSSR count). The Morgan fingerprint density at radius 2 is 1.65 bits per heavy atom. The topological polar surface area (TPSA) is 35.0 Å². The SMILES string of the molecule is COc1nnc(C(F)(F)F)c(-c2ccc(F)cc2)c1C. The van der Waals surface area contributed by atoms with Crippen LogP contribution >= 0.6 is 0 Å². The molecule has 0 saturated heterocycles. The maximum absolute atomic E-state index is 13.0. The van der Waals surface area contributed by atoms with E-state index in [1.54, 1.807) is 0 Å². The lowest BCUT2D eigenvalue weighted by Gasteiger charge is -2.15. The second-order valence-corrected chi connectivity index (χ2v) is 4.06. The number of hydrogen-bond donors (Lipinski definition) is 0. The van der Waals surface area contributed by atoms with E-state index in [-0.39, 0.29) is 22.6 Å². The van der Waals surface area contributed by atoms with Gasteiger partial charge in [-0.15, -0.1) is 10.2 Å². The Bertz CT molecular complexity index is 624. The molecule has 106 valence electrons. The monoisotopic (exact) mass is 286 g/mol. The number of ether oxygens (including phenoxy) is 1. The quantitative estimate of drug-likeness (QED) is 0.791. The molecule has 0 radical (unpaired) electrons. The van der Waals surface area contributed by atoms with Crippen molar-refractivity contribution in [2.45, 2.75) is 13.1 Å². The van der Waals surface area contributed by atoms with Crippen molar-refractivity contribution in [3.05, 3.63) is 41.3 Å². The third kappa shape index (κ3) is 2.56. The number of nitrogens with zero attached hydrogens (tertiary/aromatic N) is 2. The molecule has 0 aliphatic rings. The van der Waals surface area contributed by atoms with Crippen molar-refractivity contribution >= 4 is 0 Å². The van der Waals surface area contributed by atoms with E-state index in [1.807, 2.05) is 0 Å². The molecule has 1 aromatic carbocycles. The third-order valence-electron chi connectivity index (χ3n) is 2.77. The van der Waals surface area contributed by atoms with Gasteiger partial charge in [-0.1, -0.05) is 12.1 Å². The summed E-state index contributed by atoms with van der Waals surface area (Å²) in [4.78, 5) is 0. The van der Waals surface area contributed by atoms with Crippen LogP contribution in [0.25, 0.3) is 11.1 Å². The van der Waals surface area contributed by atoms with E-state index in [9.17, 15) is 17.6 Å². The summed E-state index contributed by atoms with van der Waals surface area (Å²) in [7, 11) is 1.29. The molecule has 0 spiro atoms. The van der Waals surface area contributed by atoms with Gasteiger partial charge in [-0.2, -0.15) is 13.2 Å². The molecular weight excluding hydrogens is 276 g/mol. The lowest BCUT2D eigenvalue weighted by atomic mass is 9.99. The minimum atomic E-state index is -4.66. The Balaban J connectivity index is 2.73. The van der Waals surface area contributed by atoms with Crippen LogP contribution < -0.4 is 4.74 Å². The van der Waals surface area contributed by atoms with Crippen LogP contribution in [0.3, 0.4) is 0 Å². The third-order valence-corrected chi connectivity index (χ3v) is 2.77. The maximum atomic E-state index is 13.0. The highest BCUT2D eigenvalue weighted by molar-refractivity contribution is 5.71. The summed E-state index contributed by atoms with van der Waals surface area (Å²) in [6, 6.07) is 4.69. The molecule has 7 heteroatoms. The summed E-state index contributed by atoms with van der Waals surface area (Å²) in [6.07, 6.45) is -4.66. The molecule has 0 fully saturated rings. The van der Waals surface area contributed by atoms with E-state index in [0.717, 1.165) is 12.1 Å². The summed E-state index contributed by atoms with van der Waals surface area (Å²) < 4.78 is 56.8. The Morgan fingerprint density at radius 1 is 1.05 bits per heavy atom. The molecular formula is C13H10F4N2O. The van der Waals surface area contributed by atoms with Crippen LogP contribution in [0.1, 0.15) is 11.3 Å². The Morgan fingerprint density at radius 3 is 2.15 bits per heavy atom. The second-order valence-electron chi connectivity index (χ2n) is 4.06. The smallest absolute Gasteiger partial charge is 0.435 e. The Labute approximate surface area is 112 Å².